The van der Waals surface area contributed by atoms with Crippen LogP contribution >= 0.6 is 0 Å². The molecule has 0 radical (unpaired) electrons. The lowest BCUT2D eigenvalue weighted by Crippen LogP contribution is -2.44. The van der Waals surface area contributed by atoms with Gasteiger partial charge in [-0.25, -0.2) is 4.98 Å². The van der Waals surface area contributed by atoms with Crippen molar-refractivity contribution in [2.24, 2.45) is 5.41 Å². The molecule has 166 valence electrons. The van der Waals surface area contributed by atoms with Crippen LogP contribution in [0.15, 0.2) is 32.3 Å². The maximum atomic E-state index is 12.5. The van der Waals surface area contributed by atoms with Gasteiger partial charge in [0, 0.05) is 19.2 Å². The molecular weight excluding hydrogens is 412 g/mol. The molecule has 32 heavy (non-hydrogen) atoms. The van der Waals surface area contributed by atoms with Crippen LogP contribution in [-0.4, -0.2) is 22.5 Å². The lowest BCUT2D eigenvalue weighted by Gasteiger charge is -2.38. The van der Waals surface area contributed by atoms with Gasteiger partial charge in [-0.2, -0.15) is 0 Å². The van der Waals surface area contributed by atoms with Crippen LogP contribution in [0.25, 0.3) is 0 Å². The number of β-lactam (4-membered cyclic amide) rings is 1. The minimum atomic E-state index is -0.672. The van der Waals surface area contributed by atoms with Gasteiger partial charge in [-0.3, -0.25) is 19.3 Å². The van der Waals surface area contributed by atoms with Crippen molar-refractivity contribution in [1.82, 2.24) is 4.98 Å². The Labute approximate surface area is 183 Å². The highest BCUT2D eigenvalue weighted by Crippen LogP contribution is 2.47. The first kappa shape index (κ1) is 20.3. The zero-order valence-electron chi connectivity index (χ0n) is 18.1. The van der Waals surface area contributed by atoms with Crippen molar-refractivity contribution in [3.8, 4) is 5.75 Å². The number of carbonyl (C=O) groups is 1. The molecule has 3 N–H and O–H groups in total. The van der Waals surface area contributed by atoms with Gasteiger partial charge in [0.05, 0.1) is 11.7 Å². The van der Waals surface area contributed by atoms with Crippen molar-refractivity contribution in [2.75, 3.05) is 22.1 Å². The smallest absolute Gasteiger partial charge is 0.253 e. The summed E-state index contributed by atoms with van der Waals surface area (Å²) < 4.78 is 5.94. The number of nitrogens with zero attached hydrogens (tertiary/aromatic N) is 2. The molecule has 9 nitrogen and oxygen atoms in total. The summed E-state index contributed by atoms with van der Waals surface area (Å²) in [5.74, 6) is 1.33. The van der Waals surface area contributed by atoms with E-state index in [0.29, 0.717) is 13.0 Å². The van der Waals surface area contributed by atoms with E-state index in [4.69, 9.17) is 4.42 Å². The van der Waals surface area contributed by atoms with E-state index >= 15 is 0 Å². The Morgan fingerprint density at radius 2 is 1.94 bits per heavy atom. The summed E-state index contributed by atoms with van der Waals surface area (Å²) in [6.07, 6.45) is 3.62. The predicted molar refractivity (Wildman–Crippen MR) is 119 cm³/mol. The Hall–Kier alpha value is -3.62. The number of aromatic hydroxyl groups is 1. The van der Waals surface area contributed by atoms with Gasteiger partial charge in [-0.05, 0) is 42.9 Å². The second-order valence-electron chi connectivity index (χ2n) is 9.17. The van der Waals surface area contributed by atoms with E-state index in [1.165, 1.54) is 17.2 Å². The minimum Gasteiger partial charge on any atom is -0.503 e. The van der Waals surface area contributed by atoms with E-state index in [2.05, 4.69) is 29.5 Å². The number of amides is 1. The summed E-state index contributed by atoms with van der Waals surface area (Å²) in [4.78, 5) is 42.0. The molecule has 2 aromatic heterocycles. The topological polar surface area (TPSA) is 125 Å². The van der Waals surface area contributed by atoms with E-state index in [-0.39, 0.29) is 46.0 Å². The molecule has 0 spiro atoms. The number of aromatic nitrogens is 1. The largest absolute Gasteiger partial charge is 0.503 e. The SMILES string of the molecule is Cc1cc2c(o1)C(Nc1c(Nc3ccnc(N4CCC4=O)c3O)c(=O)c1=O)C(C)(C)CC2. The maximum Gasteiger partial charge on any atom is 0.253 e. The molecule has 1 unspecified atom stereocenters. The summed E-state index contributed by atoms with van der Waals surface area (Å²) >= 11 is 0. The van der Waals surface area contributed by atoms with Crippen LogP contribution in [0, 0.1) is 12.3 Å². The Kier molecular flexibility index (Phi) is 4.40. The molecule has 1 atom stereocenters. The van der Waals surface area contributed by atoms with Crippen LogP contribution < -0.4 is 26.4 Å². The zero-order valence-corrected chi connectivity index (χ0v) is 18.1. The Morgan fingerprint density at radius 1 is 1.19 bits per heavy atom. The van der Waals surface area contributed by atoms with E-state index in [9.17, 15) is 19.5 Å². The van der Waals surface area contributed by atoms with Crippen LogP contribution in [0.3, 0.4) is 0 Å². The van der Waals surface area contributed by atoms with Gasteiger partial charge in [0.2, 0.25) is 5.91 Å². The highest BCUT2D eigenvalue weighted by molar-refractivity contribution is 6.00. The van der Waals surface area contributed by atoms with Crippen molar-refractivity contribution < 1.29 is 14.3 Å². The van der Waals surface area contributed by atoms with E-state index < -0.39 is 10.9 Å². The van der Waals surface area contributed by atoms with Gasteiger partial charge in [0.15, 0.2) is 11.6 Å². The first-order chi connectivity index (χ1) is 15.2. The molecule has 1 aliphatic carbocycles. The Bertz CT molecular complexity index is 1310. The molecule has 3 heterocycles. The molecular formula is C23H24N4O5. The number of nitrogens with one attached hydrogen (secondary N) is 2. The summed E-state index contributed by atoms with van der Waals surface area (Å²) in [6.45, 7) is 6.54. The minimum absolute atomic E-state index is 0.0728. The maximum absolute atomic E-state index is 12.5. The lowest BCUT2D eigenvalue weighted by molar-refractivity contribution is -0.122. The summed E-state index contributed by atoms with van der Waals surface area (Å²) in [6, 6.07) is 3.21. The molecule has 2 aliphatic rings. The van der Waals surface area contributed by atoms with Crippen LogP contribution in [0.4, 0.5) is 22.9 Å². The average Bonchev–Trinajstić information content (AvgIpc) is 3.12. The third kappa shape index (κ3) is 2.99. The second-order valence-corrected chi connectivity index (χ2v) is 9.17. The third-order valence-electron chi connectivity index (χ3n) is 6.52. The van der Waals surface area contributed by atoms with Crippen LogP contribution in [0.2, 0.25) is 0 Å². The van der Waals surface area contributed by atoms with Crippen molar-refractivity contribution in [1.29, 1.82) is 0 Å². The number of fused-ring (bicyclic) bond motifs is 1. The Balaban J connectivity index is 1.47. The second kappa shape index (κ2) is 6.94. The first-order valence-electron chi connectivity index (χ1n) is 10.6. The van der Waals surface area contributed by atoms with Crippen LogP contribution in [0.5, 0.6) is 5.75 Å². The van der Waals surface area contributed by atoms with Gasteiger partial charge >= 0.3 is 0 Å². The number of anilines is 4. The quantitative estimate of drug-likeness (QED) is 0.412. The van der Waals surface area contributed by atoms with Crippen LogP contribution in [-0.2, 0) is 11.2 Å². The number of hydrogen-bond acceptors (Lipinski definition) is 8. The molecule has 1 aliphatic heterocycles. The van der Waals surface area contributed by atoms with Crippen molar-refractivity contribution in [2.45, 2.75) is 46.1 Å². The fourth-order valence-electron chi connectivity index (χ4n) is 4.45. The van der Waals surface area contributed by atoms with Crippen LogP contribution in [0.1, 0.15) is 49.8 Å². The summed E-state index contributed by atoms with van der Waals surface area (Å²) in [5, 5.41) is 16.7. The van der Waals surface area contributed by atoms with Gasteiger partial charge in [-0.15, -0.1) is 0 Å². The molecule has 3 aromatic rings. The van der Waals surface area contributed by atoms with Gasteiger partial charge in [0.25, 0.3) is 10.9 Å². The number of furan rings is 1. The molecule has 1 fully saturated rings. The lowest BCUT2D eigenvalue weighted by atomic mass is 9.73. The number of pyridine rings is 1. The van der Waals surface area contributed by atoms with Gasteiger partial charge < -0.3 is 20.2 Å². The zero-order chi connectivity index (χ0) is 22.8. The molecule has 0 bridgehead atoms. The van der Waals surface area contributed by atoms with Gasteiger partial charge in [-0.1, -0.05) is 13.8 Å². The fourth-order valence-corrected chi connectivity index (χ4v) is 4.45. The fraction of sp³-hybridized carbons (Fsp3) is 0.391. The van der Waals surface area contributed by atoms with Gasteiger partial charge in [0.1, 0.15) is 22.9 Å². The number of hydrogen-bond donors (Lipinski definition) is 3. The van der Waals surface area contributed by atoms with Crippen molar-refractivity contribution in [3.05, 3.63) is 55.9 Å². The predicted octanol–water partition coefficient (Wildman–Crippen LogP) is 2.89. The third-order valence-corrected chi connectivity index (χ3v) is 6.52. The van der Waals surface area contributed by atoms with E-state index in [0.717, 1.165) is 29.9 Å². The van der Waals surface area contributed by atoms with Crippen molar-refractivity contribution >= 4 is 28.8 Å². The van der Waals surface area contributed by atoms with E-state index in [1.54, 1.807) is 0 Å². The summed E-state index contributed by atoms with van der Waals surface area (Å²) in [7, 11) is 0. The monoisotopic (exact) mass is 436 g/mol. The van der Waals surface area contributed by atoms with Crippen molar-refractivity contribution in [3.63, 3.8) is 0 Å². The molecule has 5 rings (SSSR count). The molecule has 1 aromatic carbocycles. The Morgan fingerprint density at radius 3 is 2.62 bits per heavy atom. The molecule has 1 saturated heterocycles. The highest BCUT2D eigenvalue weighted by atomic mass is 16.3. The number of aryl methyl sites for hydroxylation is 2. The number of carbonyl (C=O) groups excluding carboxylic acids is 1. The average molecular weight is 436 g/mol. The number of rotatable bonds is 5. The first-order valence-corrected chi connectivity index (χ1v) is 10.6. The molecule has 9 heteroatoms. The molecule has 1 amide bonds. The molecule has 0 saturated carbocycles. The van der Waals surface area contributed by atoms with E-state index in [1.807, 2.05) is 13.0 Å². The standard InChI is InChI=1S/C23H24N4O5/c1-11-10-12-4-7-23(2,3)21(20(12)32-11)26-16-15(18(30)19(16)31)25-13-5-8-24-22(17(13)29)27-9-6-14(27)28/h5,8,10,21,26,29H,4,6-7,9H2,1-3H3,(H,24,25). The normalized spacial score (nSPS) is 19.5. The highest BCUT2D eigenvalue weighted by Gasteiger charge is 2.40. The summed E-state index contributed by atoms with van der Waals surface area (Å²) in [5.41, 5.74) is 0.0278.